The van der Waals surface area contributed by atoms with Crippen molar-refractivity contribution in [2.45, 2.75) is 24.3 Å². The minimum atomic E-state index is -0.0586. The van der Waals surface area contributed by atoms with E-state index in [0.29, 0.717) is 5.76 Å². The lowest BCUT2D eigenvalue weighted by Crippen LogP contribution is -2.23. The van der Waals surface area contributed by atoms with Gasteiger partial charge in [-0.25, -0.2) is 0 Å². The molecule has 0 saturated carbocycles. The van der Waals surface area contributed by atoms with Crippen molar-refractivity contribution in [3.05, 3.63) is 32.8 Å². The first kappa shape index (κ1) is 12.2. The largest absolute Gasteiger partial charge is 0.511 e. The second-order valence-electron chi connectivity index (χ2n) is 3.92. The summed E-state index contributed by atoms with van der Waals surface area (Å²) >= 11 is 2.92. The fourth-order valence-corrected chi connectivity index (χ4v) is 5.07. The molecule has 2 unspecified atom stereocenters. The van der Waals surface area contributed by atoms with Crippen LogP contribution in [0.15, 0.2) is 32.8 Å². The molecule has 0 radical (unpaired) electrons. The van der Waals surface area contributed by atoms with Crippen LogP contribution < -0.4 is 0 Å². The van der Waals surface area contributed by atoms with E-state index in [1.54, 1.807) is 0 Å². The number of aliphatic hydroxyl groups excluding tert-OH is 1. The second kappa shape index (κ2) is 4.52. The molecule has 86 valence electrons. The van der Waals surface area contributed by atoms with Gasteiger partial charge in [-0.2, -0.15) is 10.5 Å². The molecule has 2 atom stereocenters. The lowest BCUT2D eigenvalue weighted by Gasteiger charge is -2.23. The van der Waals surface area contributed by atoms with E-state index in [1.807, 2.05) is 32.1 Å². The minimum absolute atomic E-state index is 0.0586. The summed E-state index contributed by atoms with van der Waals surface area (Å²) in [5.41, 5.74) is 2.19. The van der Waals surface area contributed by atoms with E-state index in [0.717, 1.165) is 9.81 Å². The lowest BCUT2D eigenvalue weighted by molar-refractivity contribution is 0.387. The Morgan fingerprint density at radius 1 is 1.24 bits per heavy atom. The maximum Gasteiger partial charge on any atom is 0.149 e. The van der Waals surface area contributed by atoms with Gasteiger partial charge in [0, 0.05) is 0 Å². The molecule has 2 aliphatic rings. The molecule has 0 aromatic heterocycles. The van der Waals surface area contributed by atoms with Crippen molar-refractivity contribution < 1.29 is 5.11 Å². The summed E-state index contributed by atoms with van der Waals surface area (Å²) in [5, 5.41) is 27.8. The molecule has 0 aromatic carbocycles. The third kappa shape index (κ3) is 1.97. The van der Waals surface area contributed by atoms with Gasteiger partial charge in [-0.3, -0.25) is 0 Å². The summed E-state index contributed by atoms with van der Waals surface area (Å²) in [6.45, 7) is 3.89. The fraction of sp³-hybridized carbons (Fsp3) is 0.333. The zero-order valence-electron chi connectivity index (χ0n) is 9.39. The molecule has 1 heterocycles. The van der Waals surface area contributed by atoms with Crippen LogP contribution in [0, 0.1) is 22.7 Å². The maximum atomic E-state index is 10.0. The Kier molecular flexibility index (Phi) is 3.24. The van der Waals surface area contributed by atoms with Crippen LogP contribution in [-0.4, -0.2) is 15.6 Å². The van der Waals surface area contributed by atoms with Crippen LogP contribution in [0.25, 0.3) is 0 Å². The minimum Gasteiger partial charge on any atom is -0.511 e. The summed E-state index contributed by atoms with van der Waals surface area (Å²) in [6, 6.07) is 3.81. The quantitative estimate of drug-likeness (QED) is 0.679. The molecule has 1 N–H and O–H groups in total. The second-order valence-corrected chi connectivity index (χ2v) is 6.48. The smallest absolute Gasteiger partial charge is 0.149 e. The van der Waals surface area contributed by atoms with Gasteiger partial charge >= 0.3 is 0 Å². The van der Waals surface area contributed by atoms with Crippen molar-refractivity contribution in [2.75, 3.05) is 0 Å². The van der Waals surface area contributed by atoms with Crippen molar-refractivity contribution in [3.63, 3.8) is 0 Å². The van der Waals surface area contributed by atoms with Crippen LogP contribution in [0.2, 0.25) is 0 Å². The summed E-state index contributed by atoms with van der Waals surface area (Å²) in [4.78, 5) is 0. The van der Waals surface area contributed by atoms with Gasteiger partial charge in [0.15, 0.2) is 0 Å². The standard InChI is InChI=1S/C12H10N2OS2/c1-6-3-7(2)10-11(9(6)15)17-12(16-10)8(4-13)5-14/h3,10-11,15H,1-2H3. The van der Waals surface area contributed by atoms with Crippen molar-refractivity contribution in [3.8, 4) is 12.1 Å². The average molecular weight is 262 g/mol. The van der Waals surface area contributed by atoms with Gasteiger partial charge in [0.25, 0.3) is 0 Å². The molecular weight excluding hydrogens is 252 g/mol. The Balaban J connectivity index is 2.42. The first-order valence-electron chi connectivity index (χ1n) is 5.04. The van der Waals surface area contributed by atoms with Gasteiger partial charge in [0.1, 0.15) is 23.5 Å². The van der Waals surface area contributed by atoms with Crippen LogP contribution in [0.5, 0.6) is 0 Å². The molecule has 17 heavy (non-hydrogen) atoms. The number of hydrogen-bond donors (Lipinski definition) is 1. The zero-order valence-corrected chi connectivity index (χ0v) is 11.0. The lowest BCUT2D eigenvalue weighted by atomic mass is 9.99. The number of hydrogen-bond acceptors (Lipinski definition) is 5. The molecule has 1 fully saturated rings. The van der Waals surface area contributed by atoms with E-state index in [4.69, 9.17) is 10.5 Å². The molecule has 0 spiro atoms. The van der Waals surface area contributed by atoms with Gasteiger partial charge in [-0.1, -0.05) is 11.6 Å². The highest BCUT2D eigenvalue weighted by Crippen LogP contribution is 2.54. The third-order valence-corrected chi connectivity index (χ3v) is 5.97. The van der Waals surface area contributed by atoms with Crippen molar-refractivity contribution in [1.82, 2.24) is 0 Å². The Morgan fingerprint density at radius 2 is 1.82 bits per heavy atom. The number of allylic oxidation sites excluding steroid dienone is 3. The molecule has 0 bridgehead atoms. The highest BCUT2D eigenvalue weighted by Gasteiger charge is 2.40. The molecule has 1 saturated heterocycles. The molecule has 1 aliphatic carbocycles. The van der Waals surface area contributed by atoms with Gasteiger partial charge in [-0.05, 0) is 19.4 Å². The Bertz CT molecular complexity index is 530. The van der Waals surface area contributed by atoms with E-state index in [-0.39, 0.29) is 16.1 Å². The summed E-state index contributed by atoms with van der Waals surface area (Å²) in [6.07, 6.45) is 1.96. The Hall–Kier alpha value is -1.30. The highest BCUT2D eigenvalue weighted by atomic mass is 32.2. The van der Waals surface area contributed by atoms with Crippen molar-refractivity contribution >= 4 is 23.5 Å². The topological polar surface area (TPSA) is 67.8 Å². The summed E-state index contributed by atoms with van der Waals surface area (Å²) in [5.74, 6) is 0.364. The maximum absolute atomic E-state index is 10.0. The predicted octanol–water partition coefficient (Wildman–Crippen LogP) is 3.25. The van der Waals surface area contributed by atoms with E-state index in [9.17, 15) is 5.11 Å². The van der Waals surface area contributed by atoms with Crippen LogP contribution in [0.1, 0.15) is 13.8 Å². The van der Waals surface area contributed by atoms with Gasteiger partial charge in [0.05, 0.1) is 14.7 Å². The highest BCUT2D eigenvalue weighted by molar-refractivity contribution is 8.26. The van der Waals surface area contributed by atoms with Crippen LogP contribution in [0.4, 0.5) is 0 Å². The van der Waals surface area contributed by atoms with Crippen LogP contribution >= 0.6 is 23.5 Å². The van der Waals surface area contributed by atoms with Crippen molar-refractivity contribution in [2.24, 2.45) is 0 Å². The van der Waals surface area contributed by atoms with Gasteiger partial charge < -0.3 is 5.11 Å². The number of nitrogens with zero attached hydrogens (tertiary/aromatic N) is 2. The molecule has 5 heteroatoms. The first-order valence-corrected chi connectivity index (χ1v) is 6.80. The normalized spacial score (nSPS) is 27.1. The van der Waals surface area contributed by atoms with Crippen LogP contribution in [0.3, 0.4) is 0 Å². The SMILES string of the molecule is CC1=CC(C)=C(O)C2SC(=C(C#N)C#N)SC12. The molecule has 3 nitrogen and oxygen atoms in total. The van der Waals surface area contributed by atoms with Crippen LogP contribution in [-0.2, 0) is 0 Å². The fourth-order valence-electron chi connectivity index (χ4n) is 1.87. The third-order valence-electron chi connectivity index (χ3n) is 2.74. The number of fused-ring (bicyclic) bond motifs is 1. The molecular formula is C12H10N2OS2. The Labute approximate surface area is 108 Å². The van der Waals surface area contributed by atoms with E-state index >= 15 is 0 Å². The number of thioether (sulfide) groups is 2. The molecule has 0 amide bonds. The average Bonchev–Trinajstić information content (AvgIpc) is 2.73. The summed E-state index contributed by atoms with van der Waals surface area (Å²) in [7, 11) is 0. The van der Waals surface area contributed by atoms with Gasteiger partial charge in [0.2, 0.25) is 0 Å². The number of rotatable bonds is 0. The molecule has 1 aliphatic heterocycles. The van der Waals surface area contributed by atoms with Crippen molar-refractivity contribution in [1.29, 1.82) is 10.5 Å². The summed E-state index contributed by atoms with van der Waals surface area (Å²) < 4.78 is 0.721. The van der Waals surface area contributed by atoms with Gasteiger partial charge in [-0.15, -0.1) is 23.5 Å². The number of aliphatic hydroxyl groups is 1. The van der Waals surface area contributed by atoms with E-state index in [2.05, 4.69) is 0 Å². The van der Waals surface area contributed by atoms with E-state index in [1.165, 1.54) is 29.1 Å². The Morgan fingerprint density at radius 3 is 2.41 bits per heavy atom. The predicted molar refractivity (Wildman–Crippen MR) is 70.1 cm³/mol. The molecule has 2 rings (SSSR count). The number of nitriles is 2. The monoisotopic (exact) mass is 262 g/mol. The zero-order chi connectivity index (χ0) is 12.6. The van der Waals surface area contributed by atoms with E-state index < -0.39 is 0 Å². The molecule has 0 aromatic rings. The first-order chi connectivity index (χ1) is 8.08.